The highest BCUT2D eigenvalue weighted by Crippen LogP contribution is 2.18. The van der Waals surface area contributed by atoms with Crippen LogP contribution >= 0.6 is 12.4 Å². The van der Waals surface area contributed by atoms with Crippen LogP contribution in [-0.2, 0) is 6.42 Å². The minimum Gasteiger partial charge on any atom is -0.324 e. The molecule has 0 saturated carbocycles. The first-order valence-electron chi connectivity index (χ1n) is 5.70. The van der Waals surface area contributed by atoms with E-state index < -0.39 is 4.92 Å². The first kappa shape index (κ1) is 15.1. The number of halogens is 1. The molecule has 0 radical (unpaired) electrons. The van der Waals surface area contributed by atoms with Crippen molar-refractivity contribution in [1.29, 1.82) is 0 Å². The number of non-ortho nitro benzene ring substituents is 1. The van der Waals surface area contributed by atoms with Crippen LogP contribution in [0.1, 0.15) is 17.2 Å². The first-order valence-corrected chi connectivity index (χ1v) is 5.70. The van der Waals surface area contributed by atoms with Crippen LogP contribution in [0, 0.1) is 10.1 Å². The van der Waals surface area contributed by atoms with Crippen LogP contribution in [0.2, 0.25) is 0 Å². The van der Waals surface area contributed by atoms with Gasteiger partial charge in [-0.1, -0.05) is 42.5 Å². The molecule has 0 aliphatic carbocycles. The second kappa shape index (κ2) is 6.87. The third kappa shape index (κ3) is 4.05. The summed E-state index contributed by atoms with van der Waals surface area (Å²) < 4.78 is 0. The molecule has 2 aromatic rings. The predicted octanol–water partition coefficient (Wildman–Crippen LogP) is 3.26. The molecule has 0 aliphatic rings. The van der Waals surface area contributed by atoms with E-state index in [1.54, 1.807) is 12.1 Å². The monoisotopic (exact) mass is 278 g/mol. The number of nitrogens with two attached hydrogens (primary N) is 1. The number of nitrogens with zero attached hydrogens (tertiary/aromatic N) is 1. The van der Waals surface area contributed by atoms with Gasteiger partial charge in [0.05, 0.1) is 4.92 Å². The molecule has 19 heavy (non-hydrogen) atoms. The molecule has 100 valence electrons. The van der Waals surface area contributed by atoms with E-state index >= 15 is 0 Å². The van der Waals surface area contributed by atoms with Gasteiger partial charge in [0.25, 0.3) is 5.69 Å². The lowest BCUT2D eigenvalue weighted by molar-refractivity contribution is -0.384. The van der Waals surface area contributed by atoms with Crippen molar-refractivity contribution in [2.24, 2.45) is 5.73 Å². The summed E-state index contributed by atoms with van der Waals surface area (Å²) in [5.41, 5.74) is 8.26. The summed E-state index contributed by atoms with van der Waals surface area (Å²) in [5, 5.41) is 10.5. The van der Waals surface area contributed by atoms with Crippen LogP contribution in [0.5, 0.6) is 0 Å². The van der Waals surface area contributed by atoms with Gasteiger partial charge in [-0.2, -0.15) is 0 Å². The Bertz CT molecular complexity index is 529. The van der Waals surface area contributed by atoms with Gasteiger partial charge in [-0.15, -0.1) is 12.4 Å². The van der Waals surface area contributed by atoms with Crippen molar-refractivity contribution in [3.05, 3.63) is 75.8 Å². The van der Waals surface area contributed by atoms with Crippen LogP contribution in [0.3, 0.4) is 0 Å². The maximum absolute atomic E-state index is 10.5. The molecule has 0 spiro atoms. The number of benzene rings is 2. The molecule has 5 heteroatoms. The second-order valence-corrected chi connectivity index (χ2v) is 4.14. The predicted molar refractivity (Wildman–Crippen MR) is 77.4 cm³/mol. The highest BCUT2D eigenvalue weighted by molar-refractivity contribution is 5.85. The molecule has 0 heterocycles. The molecular weight excluding hydrogens is 264 g/mol. The highest BCUT2D eigenvalue weighted by Gasteiger charge is 2.08. The molecule has 0 bridgehead atoms. The Labute approximate surface area is 117 Å². The van der Waals surface area contributed by atoms with Gasteiger partial charge in [-0.3, -0.25) is 10.1 Å². The second-order valence-electron chi connectivity index (χ2n) is 4.14. The molecular formula is C14H15ClN2O2. The van der Waals surface area contributed by atoms with Gasteiger partial charge in [0.1, 0.15) is 0 Å². The van der Waals surface area contributed by atoms with E-state index in [0.29, 0.717) is 6.42 Å². The molecule has 4 nitrogen and oxygen atoms in total. The summed E-state index contributed by atoms with van der Waals surface area (Å²) in [6.07, 6.45) is 0.669. The van der Waals surface area contributed by atoms with Crippen molar-refractivity contribution < 1.29 is 4.92 Å². The van der Waals surface area contributed by atoms with E-state index in [-0.39, 0.29) is 24.1 Å². The lowest BCUT2D eigenvalue weighted by Gasteiger charge is -2.11. The number of nitro benzene ring substituents is 1. The number of hydrogen-bond donors (Lipinski definition) is 1. The zero-order chi connectivity index (χ0) is 13.0. The molecule has 0 amide bonds. The highest BCUT2D eigenvalue weighted by atomic mass is 35.5. The summed E-state index contributed by atoms with van der Waals surface area (Å²) in [7, 11) is 0. The largest absolute Gasteiger partial charge is 0.324 e. The molecule has 1 atom stereocenters. The third-order valence-electron chi connectivity index (χ3n) is 2.83. The maximum atomic E-state index is 10.5. The minimum absolute atomic E-state index is 0. The molecule has 2 rings (SSSR count). The number of hydrogen-bond acceptors (Lipinski definition) is 3. The molecule has 0 aromatic heterocycles. The van der Waals surface area contributed by atoms with Gasteiger partial charge in [0, 0.05) is 18.2 Å². The summed E-state index contributed by atoms with van der Waals surface area (Å²) in [5.74, 6) is 0. The molecule has 0 saturated heterocycles. The average molecular weight is 279 g/mol. The fourth-order valence-corrected chi connectivity index (χ4v) is 1.83. The van der Waals surface area contributed by atoms with Crippen molar-refractivity contribution >= 4 is 18.1 Å². The van der Waals surface area contributed by atoms with Gasteiger partial charge in [0.2, 0.25) is 0 Å². The molecule has 2 aromatic carbocycles. The van der Waals surface area contributed by atoms with E-state index in [1.165, 1.54) is 12.1 Å². The maximum Gasteiger partial charge on any atom is 0.269 e. The lowest BCUT2D eigenvalue weighted by Crippen LogP contribution is -2.13. The molecule has 0 fully saturated rings. The topological polar surface area (TPSA) is 69.2 Å². The fourth-order valence-electron chi connectivity index (χ4n) is 1.83. The lowest BCUT2D eigenvalue weighted by atomic mass is 10.00. The van der Waals surface area contributed by atoms with E-state index in [9.17, 15) is 10.1 Å². The number of rotatable bonds is 4. The van der Waals surface area contributed by atoms with Gasteiger partial charge in [0.15, 0.2) is 0 Å². The van der Waals surface area contributed by atoms with Gasteiger partial charge < -0.3 is 5.73 Å². The number of nitro groups is 1. The van der Waals surface area contributed by atoms with Crippen LogP contribution in [-0.4, -0.2) is 4.92 Å². The van der Waals surface area contributed by atoms with Crippen molar-refractivity contribution in [3.63, 3.8) is 0 Å². The van der Waals surface area contributed by atoms with E-state index in [4.69, 9.17) is 5.73 Å². The van der Waals surface area contributed by atoms with Crippen LogP contribution in [0.15, 0.2) is 54.6 Å². The van der Waals surface area contributed by atoms with Crippen molar-refractivity contribution in [2.75, 3.05) is 0 Å². The van der Waals surface area contributed by atoms with E-state index in [2.05, 4.69) is 0 Å². The van der Waals surface area contributed by atoms with Crippen LogP contribution < -0.4 is 5.73 Å². The Morgan fingerprint density at radius 1 is 1.05 bits per heavy atom. The normalized spacial score (nSPS) is 11.4. The third-order valence-corrected chi connectivity index (χ3v) is 2.83. The van der Waals surface area contributed by atoms with Crippen LogP contribution in [0.4, 0.5) is 5.69 Å². The van der Waals surface area contributed by atoms with Crippen molar-refractivity contribution in [3.8, 4) is 0 Å². The Morgan fingerprint density at radius 3 is 2.16 bits per heavy atom. The van der Waals surface area contributed by atoms with E-state index in [1.807, 2.05) is 30.3 Å². The van der Waals surface area contributed by atoms with Crippen molar-refractivity contribution in [1.82, 2.24) is 0 Å². The SMILES string of the molecule is Cl.NC(Cc1ccc([N+](=O)[O-])cc1)c1ccccc1. The summed E-state index contributed by atoms with van der Waals surface area (Å²) in [6.45, 7) is 0. The van der Waals surface area contributed by atoms with E-state index in [0.717, 1.165) is 11.1 Å². The zero-order valence-corrected chi connectivity index (χ0v) is 11.0. The standard InChI is InChI=1S/C14H14N2O2.ClH/c15-14(12-4-2-1-3-5-12)10-11-6-8-13(9-7-11)16(17)18;/h1-9,14H,10,15H2;1H. The summed E-state index contributed by atoms with van der Waals surface area (Å²) >= 11 is 0. The zero-order valence-electron chi connectivity index (χ0n) is 10.2. The smallest absolute Gasteiger partial charge is 0.269 e. The van der Waals surface area contributed by atoms with Crippen molar-refractivity contribution in [2.45, 2.75) is 12.5 Å². The Balaban J connectivity index is 0.00000180. The summed E-state index contributed by atoms with van der Waals surface area (Å²) in [6, 6.07) is 16.2. The average Bonchev–Trinajstić information content (AvgIpc) is 2.40. The molecule has 2 N–H and O–H groups in total. The Kier molecular flexibility index (Phi) is 5.48. The van der Waals surface area contributed by atoms with Gasteiger partial charge in [-0.25, -0.2) is 0 Å². The first-order chi connectivity index (χ1) is 8.66. The molecule has 0 aliphatic heterocycles. The Morgan fingerprint density at radius 2 is 1.63 bits per heavy atom. The Hall–Kier alpha value is -1.91. The summed E-state index contributed by atoms with van der Waals surface area (Å²) in [4.78, 5) is 10.1. The van der Waals surface area contributed by atoms with Gasteiger partial charge in [-0.05, 0) is 17.5 Å². The minimum atomic E-state index is -0.402. The van der Waals surface area contributed by atoms with Gasteiger partial charge >= 0.3 is 0 Å². The molecule has 1 unspecified atom stereocenters. The fraction of sp³-hybridized carbons (Fsp3) is 0.143. The quantitative estimate of drug-likeness (QED) is 0.689. The van der Waals surface area contributed by atoms with Crippen LogP contribution in [0.25, 0.3) is 0 Å².